The van der Waals surface area contributed by atoms with E-state index in [0.717, 1.165) is 13.1 Å². The highest BCUT2D eigenvalue weighted by molar-refractivity contribution is 5.08. The molecule has 78 valence electrons. The summed E-state index contributed by atoms with van der Waals surface area (Å²) in [5, 5.41) is 12.5. The zero-order valence-electron chi connectivity index (χ0n) is 9.08. The van der Waals surface area contributed by atoms with Crippen LogP contribution in [0, 0.1) is 11.3 Å². The minimum atomic E-state index is 0.113. The zero-order chi connectivity index (χ0) is 10.2. The van der Waals surface area contributed by atoms with Gasteiger partial charge in [0.2, 0.25) is 0 Å². The van der Waals surface area contributed by atoms with Crippen LogP contribution >= 0.6 is 0 Å². The summed E-state index contributed by atoms with van der Waals surface area (Å²) in [4.78, 5) is 2.51. The van der Waals surface area contributed by atoms with E-state index in [1.54, 1.807) is 0 Å². The summed E-state index contributed by atoms with van der Waals surface area (Å²) in [5.41, 5.74) is 0.113. The molecule has 2 atom stereocenters. The number of likely N-dealkylation sites (tertiary alicyclic amines) is 1. The van der Waals surface area contributed by atoms with Crippen molar-refractivity contribution in [1.29, 1.82) is 5.26 Å². The van der Waals surface area contributed by atoms with Gasteiger partial charge in [0.05, 0.1) is 12.5 Å². The Balaban J connectivity index is 2.09. The fraction of sp³-hybridized carbons (Fsp3) is 0.909. The van der Waals surface area contributed by atoms with Crippen LogP contribution in [-0.4, -0.2) is 35.6 Å². The Morgan fingerprint density at radius 1 is 1.64 bits per heavy atom. The summed E-state index contributed by atoms with van der Waals surface area (Å²) in [5.74, 6) is 0. The monoisotopic (exact) mass is 193 g/mol. The second-order valence-electron chi connectivity index (χ2n) is 5.02. The molecule has 3 heteroatoms. The maximum absolute atomic E-state index is 8.85. The van der Waals surface area contributed by atoms with Gasteiger partial charge in [0.15, 0.2) is 0 Å². The average molecular weight is 193 g/mol. The molecule has 2 saturated heterocycles. The highest BCUT2D eigenvalue weighted by Crippen LogP contribution is 2.32. The molecule has 2 aliphatic heterocycles. The Hall–Kier alpha value is -0.590. The molecule has 0 aromatic rings. The molecule has 2 unspecified atom stereocenters. The Bertz CT molecular complexity index is 256. The molecule has 0 spiro atoms. The molecule has 3 nitrogen and oxygen atoms in total. The lowest BCUT2D eigenvalue weighted by atomic mass is 9.93. The lowest BCUT2D eigenvalue weighted by Crippen LogP contribution is -2.60. The van der Waals surface area contributed by atoms with Crippen LogP contribution in [0.25, 0.3) is 0 Å². The van der Waals surface area contributed by atoms with Gasteiger partial charge in [-0.05, 0) is 26.7 Å². The van der Waals surface area contributed by atoms with Crippen LogP contribution < -0.4 is 5.32 Å². The van der Waals surface area contributed by atoms with Crippen LogP contribution in [0.3, 0.4) is 0 Å². The van der Waals surface area contributed by atoms with E-state index >= 15 is 0 Å². The van der Waals surface area contributed by atoms with Crippen molar-refractivity contribution in [3.8, 4) is 6.07 Å². The van der Waals surface area contributed by atoms with Crippen LogP contribution in [0.4, 0.5) is 0 Å². The first-order valence-electron chi connectivity index (χ1n) is 5.54. The molecule has 0 aromatic heterocycles. The molecule has 2 aliphatic rings. The third-order valence-corrected chi connectivity index (χ3v) is 3.59. The summed E-state index contributed by atoms with van der Waals surface area (Å²) >= 11 is 0. The Morgan fingerprint density at radius 2 is 2.43 bits per heavy atom. The summed E-state index contributed by atoms with van der Waals surface area (Å²) in [6.07, 6.45) is 3.08. The smallest absolute Gasteiger partial charge is 0.0641 e. The van der Waals surface area contributed by atoms with E-state index in [-0.39, 0.29) is 5.54 Å². The van der Waals surface area contributed by atoms with E-state index < -0.39 is 0 Å². The molecular weight excluding hydrogens is 174 g/mol. The molecule has 2 heterocycles. The van der Waals surface area contributed by atoms with Gasteiger partial charge in [-0.25, -0.2) is 0 Å². The van der Waals surface area contributed by atoms with Gasteiger partial charge in [0.1, 0.15) is 0 Å². The largest absolute Gasteiger partial charge is 0.305 e. The van der Waals surface area contributed by atoms with Gasteiger partial charge in [0.25, 0.3) is 0 Å². The normalized spacial score (nSPS) is 37.4. The van der Waals surface area contributed by atoms with E-state index in [0.29, 0.717) is 18.5 Å². The Morgan fingerprint density at radius 3 is 3.07 bits per heavy atom. The minimum absolute atomic E-state index is 0.113. The quantitative estimate of drug-likeness (QED) is 0.714. The van der Waals surface area contributed by atoms with E-state index in [4.69, 9.17) is 5.26 Å². The SMILES string of the molecule is CC(C)N1CC2CCC(CC#N)(C1)N2. The second-order valence-corrected chi connectivity index (χ2v) is 5.02. The van der Waals surface area contributed by atoms with Crippen molar-refractivity contribution in [1.82, 2.24) is 10.2 Å². The molecule has 0 aromatic carbocycles. The summed E-state index contributed by atoms with van der Waals surface area (Å²) in [7, 11) is 0. The van der Waals surface area contributed by atoms with Crippen molar-refractivity contribution in [3.05, 3.63) is 0 Å². The number of hydrogen-bond donors (Lipinski definition) is 1. The summed E-state index contributed by atoms with van der Waals surface area (Å²) in [6, 6.07) is 3.56. The number of nitrogens with one attached hydrogen (secondary N) is 1. The molecule has 2 bridgehead atoms. The second kappa shape index (κ2) is 3.52. The van der Waals surface area contributed by atoms with Gasteiger partial charge in [0, 0.05) is 30.7 Å². The first-order chi connectivity index (χ1) is 6.65. The highest BCUT2D eigenvalue weighted by atomic mass is 15.3. The van der Waals surface area contributed by atoms with Crippen molar-refractivity contribution >= 4 is 0 Å². The number of piperazine rings is 1. The van der Waals surface area contributed by atoms with E-state index in [9.17, 15) is 0 Å². The fourth-order valence-corrected chi connectivity index (χ4v) is 2.77. The first-order valence-corrected chi connectivity index (χ1v) is 5.54. The molecule has 0 radical (unpaired) electrons. The molecule has 2 fully saturated rings. The van der Waals surface area contributed by atoms with Crippen LogP contribution in [0.2, 0.25) is 0 Å². The van der Waals surface area contributed by atoms with Crippen molar-refractivity contribution < 1.29 is 0 Å². The maximum atomic E-state index is 8.85. The van der Waals surface area contributed by atoms with Gasteiger partial charge in [-0.3, -0.25) is 4.90 Å². The predicted molar refractivity (Wildman–Crippen MR) is 55.8 cm³/mol. The predicted octanol–water partition coefficient (Wildman–Crippen LogP) is 1.11. The number of nitrogens with zero attached hydrogens (tertiary/aromatic N) is 2. The summed E-state index contributed by atoms with van der Waals surface area (Å²) < 4.78 is 0. The van der Waals surface area contributed by atoms with Gasteiger partial charge >= 0.3 is 0 Å². The van der Waals surface area contributed by atoms with Crippen molar-refractivity contribution in [2.45, 2.75) is 50.7 Å². The lowest BCUT2D eigenvalue weighted by Gasteiger charge is -2.42. The van der Waals surface area contributed by atoms with E-state index in [1.807, 2.05) is 0 Å². The number of rotatable bonds is 2. The molecule has 1 N–H and O–H groups in total. The number of fused-ring (bicyclic) bond motifs is 2. The topological polar surface area (TPSA) is 39.1 Å². The fourth-order valence-electron chi connectivity index (χ4n) is 2.77. The van der Waals surface area contributed by atoms with Crippen LogP contribution in [-0.2, 0) is 0 Å². The van der Waals surface area contributed by atoms with E-state index in [1.165, 1.54) is 12.8 Å². The zero-order valence-corrected chi connectivity index (χ0v) is 9.08. The Labute approximate surface area is 86.1 Å². The standard InChI is InChI=1S/C11H19N3/c1-9(2)14-7-10-3-4-11(8-14,13-10)5-6-12/h9-10,13H,3-5,7-8H2,1-2H3. The molecular formula is C11H19N3. The van der Waals surface area contributed by atoms with Crippen molar-refractivity contribution in [2.75, 3.05) is 13.1 Å². The molecule has 0 saturated carbocycles. The average Bonchev–Trinajstić information content (AvgIpc) is 2.42. The maximum Gasteiger partial charge on any atom is 0.0641 e. The number of hydrogen-bond acceptors (Lipinski definition) is 3. The van der Waals surface area contributed by atoms with Crippen LogP contribution in [0.1, 0.15) is 33.1 Å². The van der Waals surface area contributed by atoms with Crippen molar-refractivity contribution in [3.63, 3.8) is 0 Å². The number of nitriles is 1. The van der Waals surface area contributed by atoms with Crippen molar-refractivity contribution in [2.24, 2.45) is 0 Å². The van der Waals surface area contributed by atoms with Crippen LogP contribution in [0.5, 0.6) is 0 Å². The lowest BCUT2D eigenvalue weighted by molar-refractivity contribution is 0.112. The van der Waals surface area contributed by atoms with Gasteiger partial charge in [-0.2, -0.15) is 5.26 Å². The minimum Gasteiger partial charge on any atom is -0.305 e. The highest BCUT2D eigenvalue weighted by Gasteiger charge is 2.44. The third kappa shape index (κ3) is 1.65. The molecule has 0 aliphatic carbocycles. The molecule has 14 heavy (non-hydrogen) atoms. The van der Waals surface area contributed by atoms with Gasteiger partial charge in [-0.1, -0.05) is 0 Å². The van der Waals surface area contributed by atoms with E-state index in [2.05, 4.69) is 30.1 Å². The molecule has 0 amide bonds. The van der Waals surface area contributed by atoms with Gasteiger partial charge < -0.3 is 5.32 Å². The first kappa shape index (κ1) is 9.95. The third-order valence-electron chi connectivity index (χ3n) is 3.59. The van der Waals surface area contributed by atoms with Gasteiger partial charge in [-0.15, -0.1) is 0 Å². The van der Waals surface area contributed by atoms with Crippen LogP contribution in [0.15, 0.2) is 0 Å². The molecule has 2 rings (SSSR count). The summed E-state index contributed by atoms with van der Waals surface area (Å²) in [6.45, 7) is 6.69. The Kier molecular flexibility index (Phi) is 2.50.